The molecule has 2 aromatic rings. The topological polar surface area (TPSA) is 77.2 Å². The quantitative estimate of drug-likeness (QED) is 0.925. The number of hydrogen-bond acceptors (Lipinski definition) is 4. The van der Waals surface area contributed by atoms with Gasteiger partial charge in [0.25, 0.3) is 0 Å². The van der Waals surface area contributed by atoms with Crippen LogP contribution in [-0.4, -0.2) is 23.1 Å². The molecule has 0 radical (unpaired) electrons. The van der Waals surface area contributed by atoms with Gasteiger partial charge in [0.15, 0.2) is 0 Å². The number of rotatable bonds is 3. The molecule has 20 heavy (non-hydrogen) atoms. The molecule has 0 spiro atoms. The largest absolute Gasteiger partial charge is 0.478 e. The van der Waals surface area contributed by atoms with E-state index in [1.807, 2.05) is 12.1 Å². The first-order chi connectivity index (χ1) is 9.54. The Hall–Kier alpha value is -2.87. The van der Waals surface area contributed by atoms with E-state index in [1.165, 1.54) is 6.20 Å². The Morgan fingerprint density at radius 2 is 2.10 bits per heavy atom. The molecular weight excluding hydrogens is 254 g/mol. The van der Waals surface area contributed by atoms with Crippen LogP contribution in [0.2, 0.25) is 0 Å². The summed E-state index contributed by atoms with van der Waals surface area (Å²) in [5.41, 5.74) is 2.15. The fraction of sp³-hybridized carbons (Fsp3) is 0.133. The zero-order chi connectivity index (χ0) is 14.7. The Morgan fingerprint density at radius 1 is 1.40 bits per heavy atom. The van der Waals surface area contributed by atoms with Crippen molar-refractivity contribution in [1.82, 2.24) is 4.98 Å². The number of nitrogens with zero attached hydrogens (tertiary/aromatic N) is 3. The Bertz CT molecular complexity index is 705. The molecule has 0 saturated carbocycles. The van der Waals surface area contributed by atoms with Gasteiger partial charge in [-0.1, -0.05) is 12.1 Å². The lowest BCUT2D eigenvalue weighted by Crippen LogP contribution is -2.14. The van der Waals surface area contributed by atoms with Gasteiger partial charge < -0.3 is 10.0 Å². The standard InChI is InChI=1S/C15H13N3O2/c1-10-7-12(15(19)20)9-17-14(10)18(2)13-6-4-3-5-11(13)8-16/h3-7,9H,1-2H3,(H,19,20). The molecule has 0 saturated heterocycles. The van der Waals surface area contributed by atoms with E-state index in [1.54, 1.807) is 37.1 Å². The van der Waals surface area contributed by atoms with Crippen LogP contribution in [0.1, 0.15) is 21.5 Å². The first kappa shape index (κ1) is 13.6. The molecule has 1 N–H and O–H groups in total. The Labute approximate surface area is 116 Å². The Kier molecular flexibility index (Phi) is 3.67. The molecule has 100 valence electrons. The second-order valence-corrected chi connectivity index (χ2v) is 4.36. The number of hydrogen-bond donors (Lipinski definition) is 1. The van der Waals surface area contributed by atoms with E-state index in [0.29, 0.717) is 11.4 Å². The molecule has 1 aromatic carbocycles. The van der Waals surface area contributed by atoms with Gasteiger partial charge in [0.2, 0.25) is 0 Å². The van der Waals surface area contributed by atoms with Crippen LogP contribution < -0.4 is 4.90 Å². The van der Waals surface area contributed by atoms with E-state index in [0.717, 1.165) is 11.3 Å². The molecule has 5 nitrogen and oxygen atoms in total. The van der Waals surface area contributed by atoms with E-state index >= 15 is 0 Å². The molecule has 0 unspecified atom stereocenters. The van der Waals surface area contributed by atoms with Crippen LogP contribution >= 0.6 is 0 Å². The summed E-state index contributed by atoms with van der Waals surface area (Å²) in [7, 11) is 1.80. The summed E-state index contributed by atoms with van der Waals surface area (Å²) in [5, 5.41) is 18.1. The summed E-state index contributed by atoms with van der Waals surface area (Å²) in [5.74, 6) is -0.384. The van der Waals surface area contributed by atoms with Crippen molar-refractivity contribution >= 4 is 17.5 Å². The van der Waals surface area contributed by atoms with Gasteiger partial charge in [-0.3, -0.25) is 0 Å². The van der Waals surface area contributed by atoms with Crippen LogP contribution in [0.4, 0.5) is 11.5 Å². The average Bonchev–Trinajstić information content (AvgIpc) is 2.46. The minimum atomic E-state index is -1.01. The summed E-state index contributed by atoms with van der Waals surface area (Å²) in [6.07, 6.45) is 1.32. The lowest BCUT2D eigenvalue weighted by molar-refractivity contribution is 0.0696. The zero-order valence-electron chi connectivity index (χ0n) is 11.2. The van der Waals surface area contributed by atoms with Gasteiger partial charge in [0.05, 0.1) is 16.8 Å². The van der Waals surface area contributed by atoms with Crippen LogP contribution in [-0.2, 0) is 0 Å². The molecule has 0 amide bonds. The predicted octanol–water partition coefficient (Wildman–Crippen LogP) is 2.73. The normalized spacial score (nSPS) is 9.85. The first-order valence-electron chi connectivity index (χ1n) is 5.97. The van der Waals surface area contributed by atoms with E-state index < -0.39 is 5.97 Å². The number of nitriles is 1. The second-order valence-electron chi connectivity index (χ2n) is 4.36. The highest BCUT2D eigenvalue weighted by atomic mass is 16.4. The van der Waals surface area contributed by atoms with Gasteiger partial charge in [-0.05, 0) is 30.7 Å². The summed E-state index contributed by atoms with van der Waals surface area (Å²) in [6, 6.07) is 10.9. The number of aryl methyl sites for hydroxylation is 1. The number of carboxylic acids is 1. The highest BCUT2D eigenvalue weighted by molar-refractivity contribution is 5.88. The molecule has 5 heteroatoms. The highest BCUT2D eigenvalue weighted by Gasteiger charge is 2.14. The Balaban J connectivity index is 2.46. The van der Waals surface area contributed by atoms with Crippen LogP contribution in [0, 0.1) is 18.3 Å². The maximum absolute atomic E-state index is 10.9. The van der Waals surface area contributed by atoms with Gasteiger partial charge in [-0.15, -0.1) is 0 Å². The van der Waals surface area contributed by atoms with Crippen LogP contribution in [0.5, 0.6) is 0 Å². The van der Waals surface area contributed by atoms with Crippen molar-refractivity contribution in [2.45, 2.75) is 6.92 Å². The molecule has 1 heterocycles. The third kappa shape index (κ3) is 2.45. The molecule has 0 fully saturated rings. The number of carboxylic acid groups (broad SMARTS) is 1. The number of pyridine rings is 1. The van der Waals surface area contributed by atoms with Crippen molar-refractivity contribution in [2.24, 2.45) is 0 Å². The van der Waals surface area contributed by atoms with E-state index in [4.69, 9.17) is 10.4 Å². The summed E-state index contributed by atoms with van der Waals surface area (Å²) < 4.78 is 0. The number of para-hydroxylation sites is 1. The van der Waals surface area contributed by atoms with Crippen molar-refractivity contribution in [2.75, 3.05) is 11.9 Å². The van der Waals surface area contributed by atoms with E-state index in [9.17, 15) is 4.79 Å². The fourth-order valence-corrected chi connectivity index (χ4v) is 2.01. The van der Waals surface area contributed by atoms with E-state index in [2.05, 4.69) is 11.1 Å². The van der Waals surface area contributed by atoms with Gasteiger partial charge in [-0.25, -0.2) is 9.78 Å². The number of carbonyl (C=O) groups is 1. The third-order valence-electron chi connectivity index (χ3n) is 3.00. The summed E-state index contributed by atoms with van der Waals surface area (Å²) >= 11 is 0. The van der Waals surface area contributed by atoms with Crippen molar-refractivity contribution in [1.29, 1.82) is 5.26 Å². The zero-order valence-corrected chi connectivity index (χ0v) is 11.2. The number of aromatic carboxylic acids is 1. The molecule has 0 aliphatic rings. The minimum absolute atomic E-state index is 0.146. The molecule has 0 aliphatic carbocycles. The average molecular weight is 267 g/mol. The SMILES string of the molecule is Cc1cc(C(=O)O)cnc1N(C)c1ccccc1C#N. The number of anilines is 2. The first-order valence-corrected chi connectivity index (χ1v) is 5.97. The van der Waals surface area contributed by atoms with Gasteiger partial charge in [0.1, 0.15) is 11.9 Å². The lowest BCUT2D eigenvalue weighted by Gasteiger charge is -2.21. The fourth-order valence-electron chi connectivity index (χ4n) is 2.01. The Morgan fingerprint density at radius 3 is 2.70 bits per heavy atom. The maximum atomic E-state index is 10.9. The molecule has 2 rings (SSSR count). The predicted molar refractivity (Wildman–Crippen MR) is 75.2 cm³/mol. The van der Waals surface area contributed by atoms with Gasteiger partial charge in [0, 0.05) is 13.2 Å². The summed E-state index contributed by atoms with van der Waals surface area (Å²) in [4.78, 5) is 16.9. The van der Waals surface area contributed by atoms with Crippen LogP contribution in [0.3, 0.4) is 0 Å². The number of aromatic nitrogens is 1. The smallest absolute Gasteiger partial charge is 0.337 e. The van der Waals surface area contributed by atoms with Crippen LogP contribution in [0.25, 0.3) is 0 Å². The summed E-state index contributed by atoms with van der Waals surface area (Å²) in [6.45, 7) is 1.79. The van der Waals surface area contributed by atoms with Gasteiger partial charge in [-0.2, -0.15) is 5.26 Å². The molecule has 0 bridgehead atoms. The monoisotopic (exact) mass is 267 g/mol. The van der Waals surface area contributed by atoms with E-state index in [-0.39, 0.29) is 5.56 Å². The minimum Gasteiger partial charge on any atom is -0.478 e. The maximum Gasteiger partial charge on any atom is 0.337 e. The van der Waals surface area contributed by atoms with Gasteiger partial charge >= 0.3 is 5.97 Å². The van der Waals surface area contributed by atoms with Crippen molar-refractivity contribution < 1.29 is 9.90 Å². The second kappa shape index (κ2) is 5.41. The van der Waals surface area contributed by atoms with Crippen molar-refractivity contribution in [3.63, 3.8) is 0 Å². The van der Waals surface area contributed by atoms with Crippen molar-refractivity contribution in [3.8, 4) is 6.07 Å². The van der Waals surface area contributed by atoms with Crippen molar-refractivity contribution in [3.05, 3.63) is 53.2 Å². The molecule has 0 aliphatic heterocycles. The molecule has 0 atom stereocenters. The van der Waals surface area contributed by atoms with Crippen LogP contribution in [0.15, 0.2) is 36.5 Å². The third-order valence-corrected chi connectivity index (χ3v) is 3.00. The molecular formula is C15H13N3O2. The highest BCUT2D eigenvalue weighted by Crippen LogP contribution is 2.27. The molecule has 1 aromatic heterocycles. The number of benzene rings is 1. The lowest BCUT2D eigenvalue weighted by atomic mass is 10.1.